The lowest BCUT2D eigenvalue weighted by Crippen LogP contribution is -2.21. The van der Waals surface area contributed by atoms with E-state index in [2.05, 4.69) is 10.1 Å². The van der Waals surface area contributed by atoms with Crippen LogP contribution in [0.15, 0.2) is 26.8 Å². The molecule has 0 amide bonds. The standard InChI is InChI=1S/C16H15N3O4S/c1-8-13(10(3)20)9(2)17-14(8)11(21)7-19-15(18-23-16(19)22)12-5-4-6-24-12/h4-6,17H,7H2,1-3H3. The Kier molecular flexibility index (Phi) is 4.06. The highest BCUT2D eigenvalue weighted by atomic mass is 32.1. The summed E-state index contributed by atoms with van der Waals surface area (Å²) in [6, 6.07) is 3.61. The van der Waals surface area contributed by atoms with Crippen molar-refractivity contribution in [2.24, 2.45) is 0 Å². The number of thiophene rings is 1. The van der Waals surface area contributed by atoms with Gasteiger partial charge in [0.15, 0.2) is 17.4 Å². The molecule has 0 saturated heterocycles. The highest BCUT2D eigenvalue weighted by molar-refractivity contribution is 7.13. The van der Waals surface area contributed by atoms with Gasteiger partial charge in [-0.2, -0.15) is 0 Å². The van der Waals surface area contributed by atoms with Crippen LogP contribution in [0, 0.1) is 13.8 Å². The van der Waals surface area contributed by atoms with Crippen LogP contribution in [0.25, 0.3) is 10.7 Å². The van der Waals surface area contributed by atoms with Gasteiger partial charge >= 0.3 is 5.76 Å². The molecule has 124 valence electrons. The lowest BCUT2D eigenvalue weighted by molar-refractivity contribution is 0.0964. The number of aromatic nitrogens is 3. The predicted octanol–water partition coefficient (Wildman–Crippen LogP) is 2.60. The number of nitrogens with zero attached hydrogens (tertiary/aromatic N) is 2. The molecule has 0 spiro atoms. The van der Waals surface area contributed by atoms with Gasteiger partial charge in [-0.05, 0) is 37.8 Å². The quantitative estimate of drug-likeness (QED) is 0.717. The molecule has 0 saturated carbocycles. The van der Waals surface area contributed by atoms with Crippen LogP contribution < -0.4 is 5.76 Å². The van der Waals surface area contributed by atoms with E-state index in [9.17, 15) is 14.4 Å². The minimum absolute atomic E-state index is 0.110. The molecule has 1 N–H and O–H groups in total. The largest absolute Gasteiger partial charge is 0.442 e. The molecular formula is C16H15N3O4S. The van der Waals surface area contributed by atoms with E-state index in [4.69, 9.17) is 4.52 Å². The summed E-state index contributed by atoms with van der Waals surface area (Å²) in [5.74, 6) is -0.802. The number of hydrogen-bond acceptors (Lipinski definition) is 6. The van der Waals surface area contributed by atoms with Crippen LogP contribution in [-0.4, -0.2) is 26.3 Å². The Labute approximate surface area is 140 Å². The zero-order chi connectivity index (χ0) is 17.4. The number of ketones is 2. The minimum Gasteiger partial charge on any atom is -0.355 e. The van der Waals surface area contributed by atoms with E-state index >= 15 is 0 Å². The third-order valence-electron chi connectivity index (χ3n) is 3.80. The van der Waals surface area contributed by atoms with Crippen molar-refractivity contribution in [3.63, 3.8) is 0 Å². The molecule has 0 fully saturated rings. The van der Waals surface area contributed by atoms with Crippen molar-refractivity contribution in [1.82, 2.24) is 14.7 Å². The number of rotatable bonds is 5. The van der Waals surface area contributed by atoms with Crippen LogP contribution >= 0.6 is 11.3 Å². The van der Waals surface area contributed by atoms with E-state index in [-0.39, 0.29) is 18.1 Å². The highest BCUT2D eigenvalue weighted by Gasteiger charge is 2.22. The van der Waals surface area contributed by atoms with Gasteiger partial charge in [-0.1, -0.05) is 11.2 Å². The zero-order valence-corrected chi connectivity index (χ0v) is 14.2. The van der Waals surface area contributed by atoms with Crippen LogP contribution in [0.1, 0.15) is 39.0 Å². The SMILES string of the molecule is CC(=O)c1c(C)[nH]c(C(=O)Cn2c(-c3cccs3)noc2=O)c1C. The smallest absolute Gasteiger partial charge is 0.355 e. The fourth-order valence-electron chi connectivity index (χ4n) is 2.77. The Hall–Kier alpha value is -2.74. The van der Waals surface area contributed by atoms with Gasteiger partial charge in [-0.3, -0.25) is 14.1 Å². The van der Waals surface area contributed by atoms with Gasteiger partial charge < -0.3 is 4.98 Å². The van der Waals surface area contributed by atoms with Crippen molar-refractivity contribution >= 4 is 22.9 Å². The molecule has 7 nitrogen and oxygen atoms in total. The van der Waals surface area contributed by atoms with Crippen LogP contribution in [0.2, 0.25) is 0 Å². The monoisotopic (exact) mass is 345 g/mol. The number of Topliss-reactive ketones (excluding diaryl/α,β-unsaturated/α-hetero) is 2. The average Bonchev–Trinajstić information content (AvgIpc) is 3.20. The van der Waals surface area contributed by atoms with Crippen LogP contribution in [-0.2, 0) is 6.54 Å². The van der Waals surface area contributed by atoms with Crippen molar-refractivity contribution in [1.29, 1.82) is 0 Å². The molecule has 3 heterocycles. The van der Waals surface area contributed by atoms with Gasteiger partial charge in [-0.15, -0.1) is 11.3 Å². The summed E-state index contributed by atoms with van der Waals surface area (Å²) in [6.45, 7) is 4.69. The normalized spacial score (nSPS) is 11.0. The third kappa shape index (κ3) is 2.65. The lowest BCUT2D eigenvalue weighted by atomic mass is 10.1. The minimum atomic E-state index is -0.695. The number of carbonyl (C=O) groups is 2. The number of hydrogen-bond donors (Lipinski definition) is 1. The molecular weight excluding hydrogens is 330 g/mol. The number of H-pyrrole nitrogens is 1. The summed E-state index contributed by atoms with van der Waals surface area (Å²) in [6.07, 6.45) is 0. The molecule has 3 aromatic heterocycles. The molecule has 24 heavy (non-hydrogen) atoms. The molecule has 8 heteroatoms. The van der Waals surface area contributed by atoms with Gasteiger partial charge in [0, 0.05) is 11.3 Å². The summed E-state index contributed by atoms with van der Waals surface area (Å²) in [4.78, 5) is 39.9. The molecule has 0 atom stereocenters. The summed E-state index contributed by atoms with van der Waals surface area (Å²) >= 11 is 1.39. The van der Waals surface area contributed by atoms with Crippen molar-refractivity contribution < 1.29 is 14.1 Å². The van der Waals surface area contributed by atoms with Gasteiger partial charge in [0.1, 0.15) is 0 Å². The first-order valence-electron chi connectivity index (χ1n) is 7.23. The highest BCUT2D eigenvalue weighted by Crippen LogP contribution is 2.23. The summed E-state index contributed by atoms with van der Waals surface area (Å²) in [7, 11) is 0. The van der Waals surface area contributed by atoms with Crippen LogP contribution in [0.3, 0.4) is 0 Å². The molecule has 3 rings (SSSR count). The molecule has 3 aromatic rings. The topological polar surface area (TPSA) is 98.0 Å². The van der Waals surface area contributed by atoms with Crippen LogP contribution in [0.5, 0.6) is 0 Å². The number of aryl methyl sites for hydroxylation is 1. The van der Waals surface area contributed by atoms with Crippen LogP contribution in [0.4, 0.5) is 0 Å². The van der Waals surface area contributed by atoms with E-state index in [0.29, 0.717) is 28.3 Å². The number of carbonyl (C=O) groups excluding carboxylic acids is 2. The Bertz CT molecular complexity index is 976. The summed E-state index contributed by atoms with van der Waals surface area (Å²) in [5.41, 5.74) is 2.06. The van der Waals surface area contributed by atoms with Crippen molar-refractivity contribution in [2.45, 2.75) is 27.3 Å². The second-order valence-corrected chi connectivity index (χ2v) is 6.39. The maximum Gasteiger partial charge on any atom is 0.442 e. The predicted molar refractivity (Wildman–Crippen MR) is 88.7 cm³/mol. The van der Waals surface area contributed by atoms with E-state index < -0.39 is 5.76 Å². The van der Waals surface area contributed by atoms with Crippen molar-refractivity contribution in [2.75, 3.05) is 0 Å². The van der Waals surface area contributed by atoms with Gasteiger partial charge in [-0.25, -0.2) is 9.36 Å². The molecule has 0 bridgehead atoms. The Morgan fingerprint density at radius 2 is 2.12 bits per heavy atom. The average molecular weight is 345 g/mol. The van der Waals surface area contributed by atoms with E-state index in [1.54, 1.807) is 19.9 Å². The molecule has 0 aliphatic heterocycles. The number of aromatic amines is 1. The number of nitrogens with one attached hydrogen (secondary N) is 1. The van der Waals surface area contributed by atoms with Crippen molar-refractivity contribution in [3.8, 4) is 10.7 Å². The molecule has 0 aliphatic rings. The molecule has 0 unspecified atom stereocenters. The fraction of sp³-hybridized carbons (Fsp3) is 0.250. The second-order valence-electron chi connectivity index (χ2n) is 5.44. The van der Waals surface area contributed by atoms with Gasteiger partial charge in [0.25, 0.3) is 0 Å². The van der Waals surface area contributed by atoms with E-state index in [1.165, 1.54) is 22.8 Å². The Morgan fingerprint density at radius 3 is 2.71 bits per heavy atom. The summed E-state index contributed by atoms with van der Waals surface area (Å²) in [5, 5.41) is 5.59. The van der Waals surface area contributed by atoms with Crippen molar-refractivity contribution in [3.05, 3.63) is 50.6 Å². The van der Waals surface area contributed by atoms with Gasteiger partial charge in [0.05, 0.1) is 17.1 Å². The molecule has 0 aromatic carbocycles. The lowest BCUT2D eigenvalue weighted by Gasteiger charge is -2.03. The van der Waals surface area contributed by atoms with Gasteiger partial charge in [0.2, 0.25) is 0 Å². The van der Waals surface area contributed by atoms with E-state index in [0.717, 1.165) is 4.88 Å². The first-order valence-corrected chi connectivity index (χ1v) is 8.11. The zero-order valence-electron chi connectivity index (χ0n) is 13.4. The fourth-order valence-corrected chi connectivity index (χ4v) is 3.48. The third-order valence-corrected chi connectivity index (χ3v) is 4.66. The first kappa shape index (κ1) is 16.1. The van der Waals surface area contributed by atoms with E-state index in [1.807, 2.05) is 11.4 Å². The first-order chi connectivity index (χ1) is 11.4. The maximum atomic E-state index is 12.6. The molecule has 0 aliphatic carbocycles. The Morgan fingerprint density at radius 1 is 1.38 bits per heavy atom. The maximum absolute atomic E-state index is 12.6. The second kappa shape index (κ2) is 6.04. The Balaban J connectivity index is 1.98. The molecule has 0 radical (unpaired) electrons. The summed E-state index contributed by atoms with van der Waals surface area (Å²) < 4.78 is 5.89.